The van der Waals surface area contributed by atoms with E-state index in [-0.39, 0.29) is 11.8 Å². The molecule has 90 valence electrons. The molecular formula is C12H12N6. The molecule has 2 aromatic heterocycles. The second-order valence-corrected chi connectivity index (χ2v) is 4.29. The summed E-state index contributed by atoms with van der Waals surface area (Å²) in [5, 5.41) is 0. The van der Waals surface area contributed by atoms with Crippen molar-refractivity contribution in [3.63, 3.8) is 0 Å². The summed E-state index contributed by atoms with van der Waals surface area (Å²) in [7, 11) is 0. The zero-order valence-electron chi connectivity index (χ0n) is 10.1. The van der Waals surface area contributed by atoms with E-state index in [0.717, 1.165) is 22.2 Å². The average molecular weight is 240 g/mol. The molecule has 0 saturated heterocycles. The van der Waals surface area contributed by atoms with Crippen LogP contribution in [0.1, 0.15) is 11.1 Å². The van der Waals surface area contributed by atoms with Crippen LogP contribution in [0.25, 0.3) is 22.2 Å². The molecule has 0 spiro atoms. The topological polar surface area (TPSA) is 104 Å². The minimum atomic E-state index is 0.109. The monoisotopic (exact) mass is 240 g/mol. The van der Waals surface area contributed by atoms with Gasteiger partial charge in [0.2, 0.25) is 5.95 Å². The number of nitrogen functional groups attached to an aromatic ring is 2. The van der Waals surface area contributed by atoms with E-state index in [2.05, 4.69) is 19.9 Å². The van der Waals surface area contributed by atoms with Crippen LogP contribution in [-0.2, 0) is 0 Å². The molecule has 18 heavy (non-hydrogen) atoms. The fourth-order valence-corrected chi connectivity index (χ4v) is 1.86. The van der Waals surface area contributed by atoms with Crippen LogP contribution in [0.2, 0.25) is 0 Å². The van der Waals surface area contributed by atoms with Gasteiger partial charge in [-0.25, -0.2) is 9.97 Å². The Balaban J connectivity index is 2.47. The van der Waals surface area contributed by atoms with Gasteiger partial charge >= 0.3 is 0 Å². The van der Waals surface area contributed by atoms with E-state index in [0.29, 0.717) is 11.2 Å². The third-order valence-corrected chi connectivity index (χ3v) is 2.96. The third kappa shape index (κ3) is 1.50. The first-order valence-electron chi connectivity index (χ1n) is 5.52. The van der Waals surface area contributed by atoms with E-state index in [9.17, 15) is 0 Å². The number of rotatable bonds is 0. The molecule has 0 bridgehead atoms. The summed E-state index contributed by atoms with van der Waals surface area (Å²) in [4.78, 5) is 16.8. The standard InChI is InChI=1S/C12H12N6/c1-5-3-7-8(4-6(5)2)16-11-9(15-7)10(13)17-12(14)18-11/h3-4H,1-2H3,(H4,13,14,16,17,18). The van der Waals surface area contributed by atoms with Crippen LogP contribution in [0.4, 0.5) is 11.8 Å². The normalized spacial score (nSPS) is 11.2. The lowest BCUT2D eigenvalue weighted by atomic mass is 10.1. The smallest absolute Gasteiger partial charge is 0.224 e. The molecule has 0 unspecified atom stereocenters. The minimum Gasteiger partial charge on any atom is -0.382 e. The Bertz CT molecular complexity index is 780. The van der Waals surface area contributed by atoms with Crippen molar-refractivity contribution in [1.82, 2.24) is 19.9 Å². The molecule has 6 heteroatoms. The number of fused-ring (bicyclic) bond motifs is 2. The number of anilines is 2. The minimum absolute atomic E-state index is 0.109. The maximum absolute atomic E-state index is 5.78. The summed E-state index contributed by atoms with van der Waals surface area (Å²) in [6.45, 7) is 4.06. The van der Waals surface area contributed by atoms with Crippen molar-refractivity contribution in [3.05, 3.63) is 23.3 Å². The van der Waals surface area contributed by atoms with Crippen LogP contribution in [0, 0.1) is 13.8 Å². The number of hydrogen-bond acceptors (Lipinski definition) is 6. The molecule has 0 radical (unpaired) electrons. The van der Waals surface area contributed by atoms with Gasteiger partial charge in [-0.3, -0.25) is 0 Å². The summed E-state index contributed by atoms with van der Waals surface area (Å²) in [5.41, 5.74) is 16.1. The quantitative estimate of drug-likeness (QED) is 0.575. The maximum atomic E-state index is 5.78. The van der Waals surface area contributed by atoms with Crippen molar-refractivity contribution >= 4 is 34.0 Å². The van der Waals surface area contributed by atoms with E-state index < -0.39 is 0 Å². The Hall–Kier alpha value is -2.50. The Morgan fingerprint density at radius 2 is 1.44 bits per heavy atom. The molecule has 0 aliphatic rings. The number of nitrogens with zero attached hydrogens (tertiary/aromatic N) is 4. The largest absolute Gasteiger partial charge is 0.382 e. The van der Waals surface area contributed by atoms with Crippen LogP contribution in [-0.4, -0.2) is 19.9 Å². The third-order valence-electron chi connectivity index (χ3n) is 2.96. The zero-order valence-corrected chi connectivity index (χ0v) is 10.1. The van der Waals surface area contributed by atoms with Crippen LogP contribution >= 0.6 is 0 Å². The van der Waals surface area contributed by atoms with Crippen LogP contribution in [0.5, 0.6) is 0 Å². The molecule has 3 rings (SSSR count). The molecular weight excluding hydrogens is 228 g/mol. The van der Waals surface area contributed by atoms with Crippen molar-refractivity contribution in [2.45, 2.75) is 13.8 Å². The highest BCUT2D eigenvalue weighted by Crippen LogP contribution is 2.21. The van der Waals surface area contributed by atoms with Crippen molar-refractivity contribution < 1.29 is 0 Å². The molecule has 0 aliphatic carbocycles. The lowest BCUT2D eigenvalue weighted by Gasteiger charge is -2.05. The summed E-state index contributed by atoms with van der Waals surface area (Å²) in [5.74, 6) is 0.364. The van der Waals surface area contributed by atoms with Gasteiger partial charge in [-0.15, -0.1) is 0 Å². The highest BCUT2D eigenvalue weighted by molar-refractivity contribution is 5.90. The lowest BCUT2D eigenvalue weighted by Crippen LogP contribution is -2.03. The Morgan fingerprint density at radius 1 is 0.833 bits per heavy atom. The van der Waals surface area contributed by atoms with Gasteiger partial charge in [-0.2, -0.15) is 9.97 Å². The van der Waals surface area contributed by atoms with Gasteiger partial charge in [0.15, 0.2) is 17.0 Å². The van der Waals surface area contributed by atoms with E-state index in [1.54, 1.807) is 0 Å². The molecule has 0 fully saturated rings. The molecule has 0 atom stereocenters. The molecule has 0 aliphatic heterocycles. The van der Waals surface area contributed by atoms with Crippen molar-refractivity contribution in [2.24, 2.45) is 0 Å². The van der Waals surface area contributed by atoms with Crippen LogP contribution in [0.15, 0.2) is 12.1 Å². The highest BCUT2D eigenvalue weighted by atomic mass is 15.1. The molecule has 3 aromatic rings. The van der Waals surface area contributed by atoms with E-state index in [1.165, 1.54) is 0 Å². The first-order chi connectivity index (χ1) is 8.54. The second kappa shape index (κ2) is 3.49. The summed E-state index contributed by atoms with van der Waals surface area (Å²) in [6, 6.07) is 3.96. The van der Waals surface area contributed by atoms with E-state index in [1.807, 2.05) is 26.0 Å². The number of hydrogen-bond donors (Lipinski definition) is 2. The highest BCUT2D eigenvalue weighted by Gasteiger charge is 2.09. The molecule has 6 nitrogen and oxygen atoms in total. The van der Waals surface area contributed by atoms with Crippen LogP contribution < -0.4 is 11.5 Å². The molecule has 4 N–H and O–H groups in total. The molecule has 2 heterocycles. The lowest BCUT2D eigenvalue weighted by molar-refractivity contribution is 1.19. The number of nitrogens with two attached hydrogens (primary N) is 2. The average Bonchev–Trinajstić information content (AvgIpc) is 2.29. The van der Waals surface area contributed by atoms with Gasteiger partial charge in [0.25, 0.3) is 0 Å². The van der Waals surface area contributed by atoms with Gasteiger partial charge in [-0.1, -0.05) is 0 Å². The predicted octanol–water partition coefficient (Wildman–Crippen LogP) is 1.35. The molecule has 1 aromatic carbocycles. The fraction of sp³-hybridized carbons (Fsp3) is 0.167. The van der Waals surface area contributed by atoms with Gasteiger partial charge in [0.1, 0.15) is 0 Å². The molecule has 0 amide bonds. The van der Waals surface area contributed by atoms with Gasteiger partial charge in [-0.05, 0) is 37.1 Å². The van der Waals surface area contributed by atoms with Crippen molar-refractivity contribution in [3.8, 4) is 0 Å². The van der Waals surface area contributed by atoms with Gasteiger partial charge in [0, 0.05) is 0 Å². The summed E-state index contributed by atoms with van der Waals surface area (Å²) < 4.78 is 0. The summed E-state index contributed by atoms with van der Waals surface area (Å²) in [6.07, 6.45) is 0. The SMILES string of the molecule is Cc1cc2nc3nc(N)nc(N)c3nc2cc1C. The van der Waals surface area contributed by atoms with Gasteiger partial charge in [0.05, 0.1) is 11.0 Å². The van der Waals surface area contributed by atoms with E-state index >= 15 is 0 Å². The van der Waals surface area contributed by atoms with Crippen LogP contribution in [0.3, 0.4) is 0 Å². The molecule has 0 saturated carbocycles. The predicted molar refractivity (Wildman–Crippen MR) is 70.9 cm³/mol. The first kappa shape index (κ1) is 10.6. The number of aryl methyl sites for hydroxylation is 2. The second-order valence-electron chi connectivity index (χ2n) is 4.29. The summed E-state index contributed by atoms with van der Waals surface area (Å²) >= 11 is 0. The maximum Gasteiger partial charge on any atom is 0.224 e. The number of aromatic nitrogens is 4. The zero-order chi connectivity index (χ0) is 12.9. The Morgan fingerprint density at radius 3 is 2.11 bits per heavy atom. The van der Waals surface area contributed by atoms with Gasteiger partial charge < -0.3 is 11.5 Å². The first-order valence-corrected chi connectivity index (χ1v) is 5.52. The Kier molecular flexibility index (Phi) is 2.07. The Labute approximate surface area is 103 Å². The van der Waals surface area contributed by atoms with E-state index in [4.69, 9.17) is 11.5 Å². The van der Waals surface area contributed by atoms with Crippen molar-refractivity contribution in [1.29, 1.82) is 0 Å². The number of benzene rings is 1. The van der Waals surface area contributed by atoms with Crippen molar-refractivity contribution in [2.75, 3.05) is 11.5 Å². The fourth-order valence-electron chi connectivity index (χ4n) is 1.86.